The minimum atomic E-state index is -0.960. The van der Waals surface area contributed by atoms with Crippen LogP contribution in [0.2, 0.25) is 0 Å². The molecule has 0 saturated heterocycles. The zero-order valence-corrected chi connectivity index (χ0v) is 26.7. The maximum atomic E-state index is 12.9. The molecule has 5 atom stereocenters. The summed E-state index contributed by atoms with van der Waals surface area (Å²) >= 11 is 0. The Hall–Kier alpha value is -1.79. The van der Waals surface area contributed by atoms with Gasteiger partial charge in [-0.15, -0.1) is 0 Å². The topological polar surface area (TPSA) is 164 Å². The second-order valence-corrected chi connectivity index (χ2v) is 14.7. The first kappa shape index (κ1) is 35.1. The Bertz CT molecular complexity index is 930. The number of hydroxylamine groups is 1. The van der Waals surface area contributed by atoms with E-state index in [-0.39, 0.29) is 53.9 Å². The Kier molecular flexibility index (Phi) is 13.3. The minimum absolute atomic E-state index is 0.0103. The summed E-state index contributed by atoms with van der Waals surface area (Å²) in [6.07, 6.45) is 11.6. The van der Waals surface area contributed by atoms with Gasteiger partial charge in [0.25, 0.3) is 0 Å². The fraction of sp³-hybridized carbons (Fsp3) is 0.909. The number of nitrogens with one attached hydrogen (secondary N) is 2. The molecule has 0 aliphatic heterocycles. The maximum Gasteiger partial charge on any atom is 0.307 e. The highest BCUT2D eigenvalue weighted by atomic mass is 16.6. The number of aliphatic carboxylic acids is 2. The lowest BCUT2D eigenvalue weighted by atomic mass is 9.77. The van der Waals surface area contributed by atoms with E-state index in [0.717, 1.165) is 77.0 Å². The van der Waals surface area contributed by atoms with Crippen LogP contribution in [0.1, 0.15) is 110 Å². The predicted molar refractivity (Wildman–Crippen MR) is 163 cm³/mol. The highest BCUT2D eigenvalue weighted by Crippen LogP contribution is 2.33. The second kappa shape index (κ2) is 16.7. The van der Waals surface area contributed by atoms with Gasteiger partial charge in [0, 0.05) is 17.5 Å². The molecule has 252 valence electrons. The molecule has 4 rings (SSSR count). The van der Waals surface area contributed by atoms with E-state index in [4.69, 9.17) is 14.3 Å². The Morgan fingerprint density at radius 2 is 1.27 bits per heavy atom. The van der Waals surface area contributed by atoms with Gasteiger partial charge < -0.3 is 34.9 Å². The lowest BCUT2D eigenvalue weighted by molar-refractivity contribution is -0.151. The molecule has 44 heavy (non-hydrogen) atoms. The Balaban J connectivity index is 1.07. The third kappa shape index (κ3) is 10.6. The van der Waals surface area contributed by atoms with Gasteiger partial charge >= 0.3 is 11.9 Å². The largest absolute Gasteiger partial charge is 0.481 e. The third-order valence-electron chi connectivity index (χ3n) is 10.4. The van der Waals surface area contributed by atoms with E-state index in [1.807, 2.05) is 0 Å². The summed E-state index contributed by atoms with van der Waals surface area (Å²) in [5, 5.41) is 32.0. The number of amides is 1. The number of aliphatic hydroxyl groups excluding tert-OH is 1. The molecule has 4 aliphatic rings. The van der Waals surface area contributed by atoms with E-state index in [1.54, 1.807) is 0 Å². The molecule has 0 radical (unpaired) electrons. The summed E-state index contributed by atoms with van der Waals surface area (Å²) < 4.78 is 12.6. The molecular weight excluding hydrogens is 568 g/mol. The maximum absolute atomic E-state index is 12.9. The number of carboxylic acid groups (broad SMARTS) is 2. The average Bonchev–Trinajstić information content (AvgIpc) is 3.00. The van der Waals surface area contributed by atoms with Crippen LogP contribution in [0.25, 0.3) is 0 Å². The summed E-state index contributed by atoms with van der Waals surface area (Å²) in [6.45, 7) is 5.99. The van der Waals surface area contributed by atoms with Crippen LogP contribution in [-0.4, -0.2) is 83.4 Å². The molecule has 5 N–H and O–H groups in total. The number of carboxylic acids is 2. The van der Waals surface area contributed by atoms with Crippen LogP contribution in [0.3, 0.4) is 0 Å². The van der Waals surface area contributed by atoms with Gasteiger partial charge in [0.2, 0.25) is 5.91 Å². The molecule has 0 heterocycles. The molecule has 11 heteroatoms. The van der Waals surface area contributed by atoms with E-state index < -0.39 is 29.9 Å². The summed E-state index contributed by atoms with van der Waals surface area (Å²) in [5.74, 6) is -3.51. The van der Waals surface area contributed by atoms with Crippen LogP contribution in [0.4, 0.5) is 0 Å². The van der Waals surface area contributed by atoms with Gasteiger partial charge in [-0.1, -0.05) is 26.7 Å². The zero-order chi connectivity index (χ0) is 31.7. The molecule has 11 nitrogen and oxygen atoms in total. The fourth-order valence-electron chi connectivity index (χ4n) is 7.50. The molecule has 0 bridgehead atoms. The van der Waals surface area contributed by atoms with Crippen molar-refractivity contribution in [1.82, 2.24) is 10.8 Å². The van der Waals surface area contributed by atoms with Gasteiger partial charge in [0.05, 0.1) is 55.9 Å². The standard InChI is InChI=1S/C33H56N2O9/c1-33(2,20-43-26-14-9-23(10-15-26)35-44-18-21-5-3-4-6-27(21)31(38)39)19-42-25-12-7-22(8-13-25)34-30(37)29-17-24(36)11-16-28(29)32(40)41/h21-29,35-36H,3-20H2,1-2H3,(H,34,37)(H,38,39)(H,40,41). The molecule has 4 saturated carbocycles. The van der Waals surface area contributed by atoms with Crippen LogP contribution in [0.5, 0.6) is 0 Å². The average molecular weight is 625 g/mol. The summed E-state index contributed by atoms with van der Waals surface area (Å²) in [6, 6.07) is 0.280. The molecule has 4 aliphatic carbocycles. The van der Waals surface area contributed by atoms with E-state index in [2.05, 4.69) is 24.6 Å². The lowest BCUT2D eigenvalue weighted by Crippen LogP contribution is -2.47. The van der Waals surface area contributed by atoms with Gasteiger partial charge in [-0.05, 0) is 89.4 Å². The van der Waals surface area contributed by atoms with E-state index in [0.29, 0.717) is 32.7 Å². The van der Waals surface area contributed by atoms with Crippen LogP contribution < -0.4 is 10.8 Å². The first-order chi connectivity index (χ1) is 21.0. The highest BCUT2D eigenvalue weighted by molar-refractivity contribution is 5.85. The SMILES string of the molecule is CC(C)(COC1CCC(NOCC2CCCCC2C(=O)O)CC1)COC1CCC(NC(=O)C2CC(O)CCC2C(=O)O)CC1. The molecule has 0 aromatic carbocycles. The summed E-state index contributed by atoms with van der Waals surface area (Å²) in [4.78, 5) is 41.8. The summed E-state index contributed by atoms with van der Waals surface area (Å²) in [7, 11) is 0. The quantitative estimate of drug-likeness (QED) is 0.178. The summed E-state index contributed by atoms with van der Waals surface area (Å²) in [5.41, 5.74) is 3.06. The Morgan fingerprint density at radius 1 is 0.705 bits per heavy atom. The van der Waals surface area contributed by atoms with E-state index >= 15 is 0 Å². The van der Waals surface area contributed by atoms with Gasteiger partial charge in [0.1, 0.15) is 0 Å². The molecule has 0 spiro atoms. The molecule has 0 aromatic heterocycles. The normalized spacial score (nSPS) is 35.1. The van der Waals surface area contributed by atoms with Crippen LogP contribution >= 0.6 is 0 Å². The molecule has 4 fully saturated rings. The van der Waals surface area contributed by atoms with E-state index in [9.17, 15) is 29.7 Å². The van der Waals surface area contributed by atoms with Crippen molar-refractivity contribution >= 4 is 17.8 Å². The van der Waals surface area contributed by atoms with Crippen LogP contribution in [-0.2, 0) is 28.7 Å². The van der Waals surface area contributed by atoms with Crippen molar-refractivity contribution in [2.24, 2.45) is 29.1 Å². The van der Waals surface area contributed by atoms with Crippen molar-refractivity contribution in [1.29, 1.82) is 0 Å². The lowest BCUT2D eigenvalue weighted by Gasteiger charge is -2.35. The second-order valence-electron chi connectivity index (χ2n) is 14.7. The van der Waals surface area contributed by atoms with Crippen molar-refractivity contribution < 1.29 is 44.0 Å². The Morgan fingerprint density at radius 3 is 1.86 bits per heavy atom. The van der Waals surface area contributed by atoms with Crippen molar-refractivity contribution in [2.45, 2.75) is 141 Å². The first-order valence-corrected chi connectivity index (χ1v) is 17.1. The smallest absolute Gasteiger partial charge is 0.307 e. The van der Waals surface area contributed by atoms with Crippen molar-refractivity contribution in [3.8, 4) is 0 Å². The van der Waals surface area contributed by atoms with Gasteiger partial charge in [-0.25, -0.2) is 0 Å². The number of hydrogen-bond donors (Lipinski definition) is 5. The van der Waals surface area contributed by atoms with Gasteiger partial charge in [-0.2, -0.15) is 5.48 Å². The molecular formula is C33H56N2O9. The molecule has 1 amide bonds. The minimum Gasteiger partial charge on any atom is -0.481 e. The van der Waals surface area contributed by atoms with Crippen LogP contribution in [0, 0.1) is 29.1 Å². The number of ether oxygens (including phenoxy) is 2. The number of rotatable bonds is 14. The van der Waals surface area contributed by atoms with Gasteiger partial charge in [0.15, 0.2) is 0 Å². The van der Waals surface area contributed by atoms with Crippen LogP contribution in [0.15, 0.2) is 0 Å². The Labute approximate surface area is 262 Å². The number of hydrogen-bond acceptors (Lipinski definition) is 8. The number of carbonyl (C=O) groups excluding carboxylic acids is 1. The van der Waals surface area contributed by atoms with Gasteiger partial charge in [-0.3, -0.25) is 14.4 Å². The molecule has 5 unspecified atom stereocenters. The third-order valence-corrected chi connectivity index (χ3v) is 10.4. The highest BCUT2D eigenvalue weighted by Gasteiger charge is 2.40. The van der Waals surface area contributed by atoms with Crippen molar-refractivity contribution in [3.05, 3.63) is 0 Å². The monoisotopic (exact) mass is 624 g/mol. The zero-order valence-electron chi connectivity index (χ0n) is 26.7. The predicted octanol–water partition coefficient (Wildman–Crippen LogP) is 4.06. The van der Waals surface area contributed by atoms with E-state index in [1.165, 1.54) is 0 Å². The van der Waals surface area contributed by atoms with Crippen molar-refractivity contribution in [2.75, 3.05) is 19.8 Å². The first-order valence-electron chi connectivity index (χ1n) is 17.1. The fourth-order valence-corrected chi connectivity index (χ4v) is 7.50. The number of carbonyl (C=O) groups is 3. The van der Waals surface area contributed by atoms with Crippen molar-refractivity contribution in [3.63, 3.8) is 0 Å². The number of aliphatic hydroxyl groups is 1. The molecule has 0 aromatic rings.